The SMILES string of the molecule is CC1C=CC=C(c2ccccc2C(C)c2ccccc2C2=CCCC=C2)C1. The van der Waals surface area contributed by atoms with Gasteiger partial charge in [-0.1, -0.05) is 98.8 Å². The van der Waals surface area contributed by atoms with Crippen LogP contribution in [0, 0.1) is 5.92 Å². The molecule has 0 spiro atoms. The van der Waals surface area contributed by atoms with Crippen LogP contribution in [0.1, 0.15) is 61.3 Å². The van der Waals surface area contributed by atoms with Gasteiger partial charge in [0.05, 0.1) is 0 Å². The van der Waals surface area contributed by atoms with Crippen molar-refractivity contribution in [3.05, 3.63) is 107 Å². The van der Waals surface area contributed by atoms with Crippen LogP contribution in [0.4, 0.5) is 0 Å². The minimum Gasteiger partial charge on any atom is -0.0836 e. The maximum atomic E-state index is 2.38. The highest BCUT2D eigenvalue weighted by Crippen LogP contribution is 2.37. The third-order valence-corrected chi connectivity index (χ3v) is 5.79. The van der Waals surface area contributed by atoms with Gasteiger partial charge in [-0.15, -0.1) is 0 Å². The number of allylic oxidation sites excluding steroid dienone is 8. The Morgan fingerprint density at radius 2 is 1.59 bits per heavy atom. The van der Waals surface area contributed by atoms with E-state index < -0.39 is 0 Å². The van der Waals surface area contributed by atoms with E-state index in [1.54, 1.807) is 0 Å². The molecule has 2 aromatic rings. The van der Waals surface area contributed by atoms with Gasteiger partial charge in [-0.2, -0.15) is 0 Å². The summed E-state index contributed by atoms with van der Waals surface area (Å²) in [5.74, 6) is 0.967. The predicted molar refractivity (Wildman–Crippen MR) is 118 cm³/mol. The molecular weight excluding hydrogens is 324 g/mol. The van der Waals surface area contributed by atoms with Gasteiger partial charge < -0.3 is 0 Å². The lowest BCUT2D eigenvalue weighted by molar-refractivity contribution is 0.747. The van der Waals surface area contributed by atoms with Gasteiger partial charge in [0.25, 0.3) is 0 Å². The quantitative estimate of drug-likeness (QED) is 0.533. The molecule has 0 fully saturated rings. The van der Waals surface area contributed by atoms with E-state index in [0.29, 0.717) is 11.8 Å². The van der Waals surface area contributed by atoms with Gasteiger partial charge in [-0.25, -0.2) is 0 Å². The zero-order valence-corrected chi connectivity index (χ0v) is 16.4. The Bertz CT molecular complexity index is 936. The second kappa shape index (κ2) is 7.96. The lowest BCUT2D eigenvalue weighted by Gasteiger charge is -2.23. The van der Waals surface area contributed by atoms with E-state index in [1.807, 2.05) is 0 Å². The topological polar surface area (TPSA) is 0 Å². The number of benzene rings is 2. The van der Waals surface area contributed by atoms with Crippen LogP contribution >= 0.6 is 0 Å². The van der Waals surface area contributed by atoms with Crippen LogP contribution in [0.25, 0.3) is 11.1 Å². The van der Waals surface area contributed by atoms with Crippen molar-refractivity contribution in [3.63, 3.8) is 0 Å². The Labute approximate surface area is 163 Å². The van der Waals surface area contributed by atoms with Gasteiger partial charge in [0.15, 0.2) is 0 Å². The largest absolute Gasteiger partial charge is 0.0836 e. The summed E-state index contributed by atoms with van der Waals surface area (Å²) in [4.78, 5) is 0. The Morgan fingerprint density at radius 3 is 2.30 bits per heavy atom. The minimum absolute atomic E-state index is 0.357. The number of hydrogen-bond acceptors (Lipinski definition) is 0. The molecule has 4 rings (SSSR count). The molecule has 27 heavy (non-hydrogen) atoms. The van der Waals surface area contributed by atoms with E-state index in [4.69, 9.17) is 0 Å². The van der Waals surface area contributed by atoms with E-state index in [2.05, 4.69) is 98.8 Å². The normalized spacial score (nSPS) is 20.1. The molecule has 0 saturated carbocycles. The summed E-state index contributed by atoms with van der Waals surface area (Å²) in [7, 11) is 0. The fourth-order valence-corrected chi connectivity index (χ4v) is 4.33. The van der Waals surface area contributed by atoms with E-state index in [0.717, 1.165) is 19.3 Å². The average Bonchev–Trinajstić information content (AvgIpc) is 2.74. The van der Waals surface area contributed by atoms with Crippen LogP contribution in [0.3, 0.4) is 0 Å². The minimum atomic E-state index is 0.357. The maximum Gasteiger partial charge on any atom is 0.00731 e. The zero-order chi connectivity index (χ0) is 18.6. The third-order valence-electron chi connectivity index (χ3n) is 5.79. The van der Waals surface area contributed by atoms with Crippen LogP contribution in [0.5, 0.6) is 0 Å². The molecule has 0 heterocycles. The van der Waals surface area contributed by atoms with Crippen molar-refractivity contribution in [2.45, 2.75) is 39.0 Å². The highest BCUT2D eigenvalue weighted by atomic mass is 14.2. The maximum absolute atomic E-state index is 2.38. The molecule has 0 heteroatoms. The van der Waals surface area contributed by atoms with Gasteiger partial charge in [-0.3, -0.25) is 0 Å². The highest BCUT2D eigenvalue weighted by Gasteiger charge is 2.19. The summed E-state index contributed by atoms with van der Waals surface area (Å²) in [6.07, 6.45) is 17.2. The zero-order valence-electron chi connectivity index (χ0n) is 16.4. The number of hydrogen-bond donors (Lipinski definition) is 0. The Balaban J connectivity index is 1.76. The molecule has 0 aliphatic heterocycles. The van der Waals surface area contributed by atoms with Crippen LogP contribution in [-0.2, 0) is 0 Å². The van der Waals surface area contributed by atoms with E-state index in [-0.39, 0.29) is 0 Å². The Morgan fingerprint density at radius 1 is 0.889 bits per heavy atom. The average molecular weight is 353 g/mol. The van der Waals surface area contributed by atoms with Crippen molar-refractivity contribution in [1.29, 1.82) is 0 Å². The van der Waals surface area contributed by atoms with E-state index in [1.165, 1.54) is 33.4 Å². The van der Waals surface area contributed by atoms with Gasteiger partial charge in [-0.05, 0) is 58.6 Å². The molecular formula is C27H28. The van der Waals surface area contributed by atoms with Crippen molar-refractivity contribution in [3.8, 4) is 0 Å². The molecule has 2 aliphatic rings. The van der Waals surface area contributed by atoms with Crippen molar-refractivity contribution in [2.24, 2.45) is 5.92 Å². The lowest BCUT2D eigenvalue weighted by Crippen LogP contribution is -2.06. The van der Waals surface area contributed by atoms with Crippen LogP contribution in [0.2, 0.25) is 0 Å². The lowest BCUT2D eigenvalue weighted by atomic mass is 9.81. The Hall–Kier alpha value is -2.60. The van der Waals surface area contributed by atoms with Crippen molar-refractivity contribution in [1.82, 2.24) is 0 Å². The van der Waals surface area contributed by atoms with Gasteiger partial charge >= 0.3 is 0 Å². The summed E-state index contributed by atoms with van der Waals surface area (Å²) < 4.78 is 0. The van der Waals surface area contributed by atoms with Gasteiger partial charge in [0.2, 0.25) is 0 Å². The van der Waals surface area contributed by atoms with Gasteiger partial charge in [0, 0.05) is 5.92 Å². The molecule has 2 aliphatic carbocycles. The second-order valence-electron chi connectivity index (χ2n) is 7.79. The smallest absolute Gasteiger partial charge is 0.00731 e. The first kappa shape index (κ1) is 17.8. The Kier molecular flexibility index (Phi) is 5.25. The van der Waals surface area contributed by atoms with Gasteiger partial charge in [0.1, 0.15) is 0 Å². The molecule has 2 unspecified atom stereocenters. The molecule has 0 bridgehead atoms. The molecule has 0 N–H and O–H groups in total. The first-order chi connectivity index (χ1) is 13.2. The molecule has 0 amide bonds. The molecule has 2 aromatic carbocycles. The van der Waals surface area contributed by atoms with Crippen LogP contribution in [0.15, 0.2) is 85.0 Å². The van der Waals surface area contributed by atoms with Crippen molar-refractivity contribution < 1.29 is 0 Å². The van der Waals surface area contributed by atoms with E-state index >= 15 is 0 Å². The molecule has 0 saturated heterocycles. The van der Waals surface area contributed by atoms with Crippen LogP contribution < -0.4 is 0 Å². The predicted octanol–water partition coefficient (Wildman–Crippen LogP) is 7.55. The standard InChI is InChI=1S/C27H28/c1-20-11-10-14-23(19-20)27-18-9-7-16-25(27)21(2)24-15-6-8-17-26(24)22-12-4-3-5-13-22/h4,6-18,20-21H,3,5,19H2,1-2H3. The van der Waals surface area contributed by atoms with Crippen molar-refractivity contribution in [2.75, 3.05) is 0 Å². The summed E-state index contributed by atoms with van der Waals surface area (Å²) in [5, 5.41) is 0. The monoisotopic (exact) mass is 352 g/mol. The number of rotatable bonds is 4. The molecule has 2 atom stereocenters. The summed E-state index contributed by atoms with van der Waals surface area (Å²) in [5.41, 5.74) is 8.46. The highest BCUT2D eigenvalue weighted by molar-refractivity contribution is 5.78. The second-order valence-corrected chi connectivity index (χ2v) is 7.79. The van der Waals surface area contributed by atoms with Crippen molar-refractivity contribution >= 4 is 11.1 Å². The van der Waals surface area contributed by atoms with Crippen LogP contribution in [-0.4, -0.2) is 0 Å². The first-order valence-corrected chi connectivity index (χ1v) is 10.2. The third kappa shape index (κ3) is 3.76. The fourth-order valence-electron chi connectivity index (χ4n) is 4.33. The first-order valence-electron chi connectivity index (χ1n) is 10.2. The molecule has 0 radical (unpaired) electrons. The molecule has 0 aromatic heterocycles. The summed E-state index contributed by atoms with van der Waals surface area (Å²) in [6.45, 7) is 4.65. The van der Waals surface area contributed by atoms with E-state index in [9.17, 15) is 0 Å². The fraction of sp³-hybridized carbons (Fsp3) is 0.259. The molecule has 136 valence electrons. The molecule has 0 nitrogen and oxygen atoms in total. The summed E-state index contributed by atoms with van der Waals surface area (Å²) >= 11 is 0. The summed E-state index contributed by atoms with van der Waals surface area (Å²) in [6, 6.07) is 17.9.